The topological polar surface area (TPSA) is 86.9 Å². The minimum Gasteiger partial charge on any atom is -0.459 e. The second-order valence-corrected chi connectivity index (χ2v) is 8.82. The molecule has 0 radical (unpaired) electrons. The molecule has 2 N–H and O–H groups in total. The highest BCUT2D eigenvalue weighted by Gasteiger charge is 2.58. The van der Waals surface area contributed by atoms with Crippen molar-refractivity contribution < 1.29 is 18.4 Å². The number of fused-ring (bicyclic) bond motifs is 6. The highest BCUT2D eigenvalue weighted by atomic mass is 127. The molecule has 7 nitrogen and oxygen atoms in total. The molecule has 1 aromatic carbocycles. The highest BCUT2D eigenvalue weighted by molar-refractivity contribution is 14.0. The summed E-state index contributed by atoms with van der Waals surface area (Å²) in [6.07, 6.45) is 5.81. The van der Waals surface area contributed by atoms with Crippen LogP contribution in [0.5, 0.6) is 0 Å². The van der Waals surface area contributed by atoms with E-state index < -0.39 is 0 Å². The van der Waals surface area contributed by atoms with Gasteiger partial charge in [-0.05, 0) is 49.8 Å². The number of carbonyl (C=O) groups excluding carboxylic acids is 2. The van der Waals surface area contributed by atoms with Gasteiger partial charge in [-0.3, -0.25) is 19.5 Å². The van der Waals surface area contributed by atoms with Crippen molar-refractivity contribution in [2.45, 2.75) is 26.3 Å². The number of rotatable bonds is 6. The first-order valence-electron chi connectivity index (χ1n) is 11.1. The molecule has 176 valence electrons. The quantitative estimate of drug-likeness (QED) is 0.140. The summed E-state index contributed by atoms with van der Waals surface area (Å²) in [5.41, 5.74) is 1.54. The van der Waals surface area contributed by atoms with Gasteiger partial charge in [0.1, 0.15) is 17.2 Å². The molecule has 4 atom stereocenters. The van der Waals surface area contributed by atoms with Crippen LogP contribution < -0.4 is 10.6 Å². The number of carbonyl (C=O) groups is 2. The summed E-state index contributed by atoms with van der Waals surface area (Å²) in [5.74, 6) is 1.22. The van der Waals surface area contributed by atoms with Gasteiger partial charge in [0.15, 0.2) is 5.96 Å². The Balaban J connectivity index is 0.00000259. The van der Waals surface area contributed by atoms with Crippen molar-refractivity contribution in [3.63, 3.8) is 0 Å². The molecule has 1 aromatic heterocycles. The zero-order valence-electron chi connectivity index (χ0n) is 18.6. The average molecular weight is 566 g/mol. The lowest BCUT2D eigenvalue weighted by atomic mass is 9.85. The molecule has 2 amide bonds. The lowest BCUT2D eigenvalue weighted by molar-refractivity contribution is -0.140. The Bertz CT molecular complexity index is 1110. The maximum Gasteiger partial charge on any atom is 0.233 e. The summed E-state index contributed by atoms with van der Waals surface area (Å²) in [6.45, 7) is 3.30. The van der Waals surface area contributed by atoms with Crippen LogP contribution in [-0.4, -0.2) is 42.8 Å². The van der Waals surface area contributed by atoms with E-state index >= 15 is 0 Å². The zero-order chi connectivity index (χ0) is 22.4. The Morgan fingerprint density at radius 2 is 1.88 bits per heavy atom. The molecule has 1 aliphatic heterocycles. The summed E-state index contributed by atoms with van der Waals surface area (Å²) < 4.78 is 19.3. The van der Waals surface area contributed by atoms with Crippen LogP contribution in [0.3, 0.4) is 0 Å². The van der Waals surface area contributed by atoms with E-state index in [2.05, 4.69) is 27.8 Å². The monoisotopic (exact) mass is 566 g/mol. The fraction of sp³-hybridized carbons (Fsp3) is 0.458. The van der Waals surface area contributed by atoms with Crippen LogP contribution in [0.1, 0.15) is 24.2 Å². The lowest BCUT2D eigenvalue weighted by Gasteiger charge is -2.18. The summed E-state index contributed by atoms with van der Waals surface area (Å²) in [7, 11) is 1.67. The molecule has 2 fully saturated rings. The SMILES string of the molecule is CN=C(NCCCN1C(=O)C2C3C=CC(C3)C2C1=O)NCc1oc2ccc(F)cc2c1C.I. The second-order valence-electron chi connectivity index (χ2n) is 8.82. The van der Waals surface area contributed by atoms with Crippen molar-refractivity contribution in [1.82, 2.24) is 15.5 Å². The van der Waals surface area contributed by atoms with Crippen LogP contribution in [0.4, 0.5) is 4.39 Å². The largest absolute Gasteiger partial charge is 0.459 e. The van der Waals surface area contributed by atoms with Gasteiger partial charge >= 0.3 is 0 Å². The zero-order valence-corrected chi connectivity index (χ0v) is 21.0. The molecular formula is C24H28FIN4O3. The van der Waals surface area contributed by atoms with Crippen molar-refractivity contribution in [3.05, 3.63) is 47.5 Å². The third-order valence-corrected chi connectivity index (χ3v) is 7.05. The summed E-state index contributed by atoms with van der Waals surface area (Å²) in [6, 6.07) is 4.49. The van der Waals surface area contributed by atoms with Crippen molar-refractivity contribution >= 4 is 52.7 Å². The van der Waals surface area contributed by atoms with Gasteiger partial charge in [-0.2, -0.15) is 0 Å². The maximum atomic E-state index is 13.5. The molecule has 3 aliphatic rings. The van der Waals surface area contributed by atoms with Gasteiger partial charge in [-0.15, -0.1) is 24.0 Å². The van der Waals surface area contributed by atoms with E-state index in [9.17, 15) is 14.0 Å². The van der Waals surface area contributed by atoms with Crippen molar-refractivity contribution in [2.24, 2.45) is 28.7 Å². The number of amides is 2. The van der Waals surface area contributed by atoms with E-state index in [1.165, 1.54) is 17.0 Å². The van der Waals surface area contributed by atoms with E-state index in [0.29, 0.717) is 37.6 Å². The Kier molecular flexibility index (Phi) is 6.78. The van der Waals surface area contributed by atoms with Gasteiger partial charge in [-0.1, -0.05) is 12.2 Å². The maximum absolute atomic E-state index is 13.5. The third-order valence-electron chi connectivity index (χ3n) is 7.05. The smallest absolute Gasteiger partial charge is 0.233 e. The number of aliphatic imine (C=N–C) groups is 1. The van der Waals surface area contributed by atoms with Gasteiger partial charge < -0.3 is 15.1 Å². The molecule has 2 heterocycles. The number of halogens is 2. The Morgan fingerprint density at radius 1 is 1.18 bits per heavy atom. The summed E-state index contributed by atoms with van der Waals surface area (Å²) in [5, 5.41) is 7.17. The molecule has 0 spiro atoms. The van der Waals surface area contributed by atoms with Crippen LogP contribution in [0.25, 0.3) is 11.0 Å². The molecule has 4 unspecified atom stereocenters. The highest BCUT2D eigenvalue weighted by Crippen LogP contribution is 2.52. The third kappa shape index (κ3) is 4.15. The standard InChI is InChI=1S/C24H27FN4O3.HI/c1-13-17-11-16(25)6-7-18(17)32-19(13)12-28-24(26-2)27-8-3-9-29-22(30)20-14-4-5-15(10-14)21(20)23(29)31;/h4-7,11,14-15,20-21H,3,8-10,12H2,1-2H3,(H2,26,27,28);1H. The Hall–Kier alpha value is -2.43. The van der Waals surface area contributed by atoms with Crippen molar-refractivity contribution in [3.8, 4) is 0 Å². The molecule has 9 heteroatoms. The molecular weight excluding hydrogens is 538 g/mol. The first-order chi connectivity index (χ1) is 15.5. The number of likely N-dealkylation sites (tertiary alicyclic amines) is 1. The Morgan fingerprint density at radius 3 is 2.55 bits per heavy atom. The van der Waals surface area contributed by atoms with Crippen LogP contribution in [-0.2, 0) is 16.1 Å². The molecule has 1 saturated carbocycles. The van der Waals surface area contributed by atoms with Gasteiger partial charge in [0.25, 0.3) is 0 Å². The first-order valence-corrected chi connectivity index (χ1v) is 11.1. The molecule has 2 aliphatic carbocycles. The molecule has 2 bridgehead atoms. The average Bonchev–Trinajstić information content (AvgIpc) is 3.53. The minimum atomic E-state index is -0.291. The number of hydrogen-bond acceptors (Lipinski definition) is 4. The fourth-order valence-electron chi connectivity index (χ4n) is 5.43. The fourth-order valence-corrected chi connectivity index (χ4v) is 5.43. The predicted molar refractivity (Wildman–Crippen MR) is 134 cm³/mol. The molecule has 1 saturated heterocycles. The molecule has 5 rings (SSSR count). The van der Waals surface area contributed by atoms with Gasteiger partial charge in [0.05, 0.1) is 18.4 Å². The van der Waals surface area contributed by atoms with Crippen LogP contribution in [0, 0.1) is 36.4 Å². The Labute approximate surface area is 208 Å². The first kappa shape index (κ1) is 23.7. The van der Waals surface area contributed by atoms with Crippen LogP contribution >= 0.6 is 24.0 Å². The van der Waals surface area contributed by atoms with Crippen molar-refractivity contribution in [2.75, 3.05) is 20.1 Å². The predicted octanol–water partition coefficient (Wildman–Crippen LogP) is 3.36. The number of nitrogens with zero attached hydrogens (tertiary/aromatic N) is 2. The van der Waals surface area contributed by atoms with Crippen LogP contribution in [0.15, 0.2) is 39.8 Å². The number of aryl methyl sites for hydroxylation is 1. The minimum absolute atomic E-state index is 0. The van der Waals surface area contributed by atoms with E-state index in [0.717, 1.165) is 23.1 Å². The number of furan rings is 1. The summed E-state index contributed by atoms with van der Waals surface area (Å²) in [4.78, 5) is 31.1. The van der Waals surface area contributed by atoms with Crippen molar-refractivity contribution in [1.29, 1.82) is 0 Å². The van der Waals surface area contributed by atoms with Gasteiger partial charge in [0.2, 0.25) is 11.8 Å². The van der Waals surface area contributed by atoms with E-state index in [1.807, 2.05) is 6.92 Å². The van der Waals surface area contributed by atoms with Crippen LogP contribution in [0.2, 0.25) is 0 Å². The number of guanidine groups is 1. The number of nitrogens with one attached hydrogen (secondary N) is 2. The number of imide groups is 1. The normalized spacial score (nSPS) is 25.7. The van der Waals surface area contributed by atoms with E-state index in [4.69, 9.17) is 4.42 Å². The summed E-state index contributed by atoms with van der Waals surface area (Å²) >= 11 is 0. The number of allylic oxidation sites excluding steroid dienone is 2. The van der Waals surface area contributed by atoms with Gasteiger partial charge in [-0.25, -0.2) is 4.39 Å². The lowest BCUT2D eigenvalue weighted by Crippen LogP contribution is -2.39. The van der Waals surface area contributed by atoms with E-state index in [1.54, 1.807) is 13.1 Å². The molecule has 2 aromatic rings. The van der Waals surface area contributed by atoms with Gasteiger partial charge in [0, 0.05) is 31.1 Å². The van der Waals surface area contributed by atoms with E-state index in [-0.39, 0.29) is 65.3 Å². The number of benzene rings is 1. The second kappa shape index (κ2) is 9.44. The molecule has 33 heavy (non-hydrogen) atoms. The number of hydrogen-bond donors (Lipinski definition) is 2.